The predicted octanol–water partition coefficient (Wildman–Crippen LogP) is 0.841. The molecule has 0 aliphatic carbocycles. The van der Waals surface area contributed by atoms with Crippen molar-refractivity contribution in [3.63, 3.8) is 0 Å². The van der Waals surface area contributed by atoms with Gasteiger partial charge in [0.25, 0.3) is 5.91 Å². The van der Waals surface area contributed by atoms with E-state index in [1.54, 1.807) is 11.8 Å². The molecular formula is C17H21N3O7. The van der Waals surface area contributed by atoms with E-state index in [2.05, 4.69) is 0 Å². The van der Waals surface area contributed by atoms with Gasteiger partial charge in [-0.2, -0.15) is 0 Å². The van der Waals surface area contributed by atoms with Crippen molar-refractivity contribution < 1.29 is 28.8 Å². The number of amides is 2. The highest BCUT2D eigenvalue weighted by atomic mass is 16.6. The van der Waals surface area contributed by atoms with Crippen LogP contribution in [0.25, 0.3) is 0 Å². The van der Waals surface area contributed by atoms with E-state index in [0.29, 0.717) is 26.2 Å². The van der Waals surface area contributed by atoms with Gasteiger partial charge in [-0.1, -0.05) is 0 Å². The molecule has 0 N–H and O–H groups in total. The first-order valence-electron chi connectivity index (χ1n) is 8.45. The van der Waals surface area contributed by atoms with E-state index >= 15 is 0 Å². The van der Waals surface area contributed by atoms with Gasteiger partial charge >= 0.3 is 11.7 Å². The summed E-state index contributed by atoms with van der Waals surface area (Å²) in [6.07, 6.45) is 0. The van der Waals surface area contributed by atoms with E-state index in [1.807, 2.05) is 0 Å². The van der Waals surface area contributed by atoms with Gasteiger partial charge in [0.15, 0.2) is 12.4 Å². The molecule has 1 aromatic rings. The average molecular weight is 379 g/mol. The molecule has 1 heterocycles. The summed E-state index contributed by atoms with van der Waals surface area (Å²) in [5, 5.41) is 11.1. The Kier molecular flexibility index (Phi) is 6.69. The Morgan fingerprint density at radius 2 is 1.78 bits per heavy atom. The smallest absolute Gasteiger partial charge is 0.338 e. The lowest BCUT2D eigenvalue weighted by Gasteiger charge is -2.34. The molecule has 1 fully saturated rings. The van der Waals surface area contributed by atoms with E-state index in [4.69, 9.17) is 9.47 Å². The van der Waals surface area contributed by atoms with Gasteiger partial charge in [-0.05, 0) is 19.1 Å². The van der Waals surface area contributed by atoms with Crippen LogP contribution < -0.4 is 4.74 Å². The second-order valence-corrected chi connectivity index (χ2v) is 5.84. The number of nitro benzene ring substituents is 1. The number of piperazine rings is 1. The predicted molar refractivity (Wildman–Crippen MR) is 93.4 cm³/mol. The number of nitro groups is 1. The van der Waals surface area contributed by atoms with Crippen LogP contribution in [-0.4, -0.2) is 71.9 Å². The molecule has 10 heteroatoms. The molecule has 1 saturated heterocycles. The van der Waals surface area contributed by atoms with Crippen LogP contribution in [0.4, 0.5) is 5.69 Å². The summed E-state index contributed by atoms with van der Waals surface area (Å²) in [4.78, 5) is 49.1. The van der Waals surface area contributed by atoms with E-state index in [-0.39, 0.29) is 35.4 Å². The molecule has 0 unspecified atom stereocenters. The lowest BCUT2D eigenvalue weighted by Crippen LogP contribution is -2.51. The molecule has 27 heavy (non-hydrogen) atoms. The maximum atomic E-state index is 12.1. The zero-order chi connectivity index (χ0) is 20.0. The first-order valence-corrected chi connectivity index (χ1v) is 8.45. The second kappa shape index (κ2) is 8.97. The van der Waals surface area contributed by atoms with Crippen LogP contribution >= 0.6 is 0 Å². The maximum Gasteiger partial charge on any atom is 0.338 e. The van der Waals surface area contributed by atoms with Crippen LogP contribution in [0.3, 0.4) is 0 Å². The summed E-state index contributed by atoms with van der Waals surface area (Å²) in [7, 11) is 0. The van der Waals surface area contributed by atoms with Crippen LogP contribution in [-0.2, 0) is 14.3 Å². The van der Waals surface area contributed by atoms with E-state index in [9.17, 15) is 24.5 Å². The standard InChI is InChI=1S/C17H21N3O7/c1-3-26-15-5-4-13(10-14(15)20(24)25)17(23)27-11-16(22)19-8-6-18(7-9-19)12(2)21/h4-5,10H,3,6-9,11H2,1-2H3. The minimum absolute atomic E-state index is 0.0423. The second-order valence-electron chi connectivity index (χ2n) is 5.84. The Morgan fingerprint density at radius 1 is 1.15 bits per heavy atom. The Labute approximate surface area is 155 Å². The molecule has 1 aliphatic heterocycles. The molecular weight excluding hydrogens is 358 g/mol. The summed E-state index contributed by atoms with van der Waals surface area (Å²) in [5.41, 5.74) is -0.391. The Hall–Kier alpha value is -3.17. The molecule has 0 saturated carbocycles. The largest absolute Gasteiger partial charge is 0.487 e. The van der Waals surface area contributed by atoms with Crippen LogP contribution in [0, 0.1) is 10.1 Å². The quantitative estimate of drug-likeness (QED) is 0.408. The van der Waals surface area contributed by atoms with Crippen LogP contribution in [0.1, 0.15) is 24.2 Å². The fourth-order valence-electron chi connectivity index (χ4n) is 2.64. The monoisotopic (exact) mass is 379 g/mol. The van der Waals surface area contributed by atoms with Crippen molar-refractivity contribution in [1.82, 2.24) is 9.80 Å². The highest BCUT2D eigenvalue weighted by Gasteiger charge is 2.24. The van der Waals surface area contributed by atoms with Gasteiger partial charge in [0.2, 0.25) is 5.91 Å². The lowest BCUT2D eigenvalue weighted by atomic mass is 10.2. The van der Waals surface area contributed by atoms with Crippen LogP contribution in [0.2, 0.25) is 0 Å². The Balaban J connectivity index is 1.93. The summed E-state index contributed by atoms with van der Waals surface area (Å²) >= 11 is 0. The fraction of sp³-hybridized carbons (Fsp3) is 0.471. The highest BCUT2D eigenvalue weighted by Crippen LogP contribution is 2.28. The highest BCUT2D eigenvalue weighted by molar-refractivity contribution is 5.92. The van der Waals surface area contributed by atoms with Gasteiger partial charge in [0.05, 0.1) is 17.1 Å². The van der Waals surface area contributed by atoms with Crippen molar-refractivity contribution in [3.8, 4) is 5.75 Å². The number of carbonyl (C=O) groups is 3. The topological polar surface area (TPSA) is 119 Å². The molecule has 10 nitrogen and oxygen atoms in total. The number of ether oxygens (including phenoxy) is 2. The maximum absolute atomic E-state index is 12.1. The molecule has 2 rings (SSSR count). The molecule has 0 radical (unpaired) electrons. The molecule has 146 valence electrons. The van der Waals surface area contributed by atoms with Gasteiger partial charge in [0.1, 0.15) is 0 Å². The molecule has 0 bridgehead atoms. The normalized spacial score (nSPS) is 13.9. The number of hydrogen-bond donors (Lipinski definition) is 0. The number of carbonyl (C=O) groups excluding carboxylic acids is 3. The third-order valence-corrected chi connectivity index (χ3v) is 4.10. The Morgan fingerprint density at radius 3 is 2.33 bits per heavy atom. The first kappa shape index (κ1) is 20.1. The minimum atomic E-state index is -0.836. The molecule has 0 spiro atoms. The SMILES string of the molecule is CCOc1ccc(C(=O)OCC(=O)N2CCN(C(C)=O)CC2)cc1[N+](=O)[O-]. The van der Waals surface area contributed by atoms with Crippen molar-refractivity contribution in [2.24, 2.45) is 0 Å². The number of nitrogens with zero attached hydrogens (tertiary/aromatic N) is 3. The van der Waals surface area contributed by atoms with Gasteiger partial charge in [-0.15, -0.1) is 0 Å². The van der Waals surface area contributed by atoms with Gasteiger partial charge < -0.3 is 19.3 Å². The summed E-state index contributed by atoms with van der Waals surface area (Å²) in [6.45, 7) is 4.52. The molecule has 2 amide bonds. The van der Waals surface area contributed by atoms with E-state index in [1.165, 1.54) is 24.0 Å². The van der Waals surface area contributed by atoms with Crippen molar-refractivity contribution in [3.05, 3.63) is 33.9 Å². The summed E-state index contributed by atoms with van der Waals surface area (Å²) in [5.74, 6) is -1.21. The third kappa shape index (κ3) is 5.16. The van der Waals surface area contributed by atoms with E-state index < -0.39 is 17.5 Å². The lowest BCUT2D eigenvalue weighted by molar-refractivity contribution is -0.385. The number of esters is 1. The zero-order valence-electron chi connectivity index (χ0n) is 15.2. The summed E-state index contributed by atoms with van der Waals surface area (Å²) < 4.78 is 10.1. The molecule has 1 aromatic carbocycles. The number of benzene rings is 1. The third-order valence-electron chi connectivity index (χ3n) is 4.10. The average Bonchev–Trinajstić information content (AvgIpc) is 2.66. The summed E-state index contributed by atoms with van der Waals surface area (Å²) in [6, 6.07) is 3.72. The molecule has 0 atom stereocenters. The van der Waals surface area contributed by atoms with E-state index in [0.717, 1.165) is 6.07 Å². The van der Waals surface area contributed by atoms with Crippen LogP contribution in [0.15, 0.2) is 18.2 Å². The van der Waals surface area contributed by atoms with Crippen LogP contribution in [0.5, 0.6) is 5.75 Å². The fourth-order valence-corrected chi connectivity index (χ4v) is 2.64. The number of rotatable bonds is 6. The van der Waals surface area contributed by atoms with Crippen molar-refractivity contribution in [1.29, 1.82) is 0 Å². The number of hydrogen-bond acceptors (Lipinski definition) is 7. The molecule has 1 aliphatic rings. The van der Waals surface area contributed by atoms with Gasteiger partial charge in [-0.3, -0.25) is 19.7 Å². The first-order chi connectivity index (χ1) is 12.8. The Bertz CT molecular complexity index is 742. The van der Waals surface area contributed by atoms with Gasteiger partial charge in [0, 0.05) is 39.2 Å². The van der Waals surface area contributed by atoms with Crippen molar-refractivity contribution in [2.45, 2.75) is 13.8 Å². The minimum Gasteiger partial charge on any atom is -0.487 e. The zero-order valence-corrected chi connectivity index (χ0v) is 15.2. The molecule has 0 aromatic heterocycles. The van der Waals surface area contributed by atoms with Crippen molar-refractivity contribution >= 4 is 23.5 Å². The van der Waals surface area contributed by atoms with Crippen molar-refractivity contribution in [2.75, 3.05) is 39.4 Å². The van der Waals surface area contributed by atoms with Gasteiger partial charge in [-0.25, -0.2) is 4.79 Å².